The van der Waals surface area contributed by atoms with E-state index in [2.05, 4.69) is 28.7 Å². The summed E-state index contributed by atoms with van der Waals surface area (Å²) in [5.41, 5.74) is 1.86. The summed E-state index contributed by atoms with van der Waals surface area (Å²) in [6.07, 6.45) is 6.15. The van der Waals surface area contributed by atoms with Crippen molar-refractivity contribution in [2.24, 2.45) is 11.8 Å². The summed E-state index contributed by atoms with van der Waals surface area (Å²) >= 11 is 0. The second-order valence-corrected chi connectivity index (χ2v) is 8.29. The Hall–Kier alpha value is -2.60. The lowest BCUT2D eigenvalue weighted by molar-refractivity contribution is -0.0603. The lowest BCUT2D eigenvalue weighted by Gasteiger charge is -2.51. The van der Waals surface area contributed by atoms with Crippen molar-refractivity contribution >= 4 is 17.0 Å². The molecular weight excluding hydrogens is 378 g/mol. The fraction of sp³-hybridized carbons (Fsp3) is 0.500. The van der Waals surface area contributed by atoms with Gasteiger partial charge in [0.05, 0.1) is 18.7 Å². The van der Waals surface area contributed by atoms with Crippen LogP contribution in [0.2, 0.25) is 0 Å². The average Bonchev–Trinajstić information content (AvgIpc) is 2.80. The molecule has 5 rings (SSSR count). The van der Waals surface area contributed by atoms with E-state index in [0.717, 1.165) is 47.6 Å². The molecule has 3 fully saturated rings. The minimum Gasteiger partial charge on any atom is -0.497 e. The molecule has 5 atom stereocenters. The predicted molar refractivity (Wildman–Crippen MR) is 118 cm³/mol. The van der Waals surface area contributed by atoms with Crippen molar-refractivity contribution in [1.82, 2.24) is 15.2 Å². The maximum absolute atomic E-state index is 12.6. The second-order valence-electron chi connectivity index (χ2n) is 8.29. The number of pyridine rings is 1. The molecule has 6 heteroatoms. The highest BCUT2D eigenvalue weighted by Crippen LogP contribution is 2.44. The lowest BCUT2D eigenvalue weighted by Crippen LogP contribution is -2.56. The van der Waals surface area contributed by atoms with Gasteiger partial charge in [-0.1, -0.05) is 19.4 Å². The molecule has 0 aliphatic carbocycles. The molecule has 3 saturated heterocycles. The number of nitrogens with zero attached hydrogens (tertiary/aromatic N) is 2. The number of fused-ring (bicyclic) bond motifs is 4. The number of piperidine rings is 3. The lowest BCUT2D eigenvalue weighted by atomic mass is 9.72. The van der Waals surface area contributed by atoms with Crippen LogP contribution < -0.4 is 10.1 Å². The smallest absolute Gasteiger partial charge is 0.408 e. The second kappa shape index (κ2) is 9.04. The van der Waals surface area contributed by atoms with E-state index >= 15 is 0 Å². The molecule has 3 aliphatic rings. The summed E-state index contributed by atoms with van der Waals surface area (Å²) in [6.45, 7) is 8.46. The Balaban J connectivity index is 1.72. The summed E-state index contributed by atoms with van der Waals surface area (Å²) in [4.78, 5) is 19.6. The Labute approximate surface area is 178 Å². The van der Waals surface area contributed by atoms with E-state index < -0.39 is 6.09 Å². The molecule has 1 aromatic carbocycles. The number of carbonyl (C=O) groups excluding carboxylic acids is 1. The van der Waals surface area contributed by atoms with Crippen molar-refractivity contribution in [3.05, 3.63) is 48.7 Å². The number of methoxy groups -OCH3 is 1. The molecule has 6 nitrogen and oxygen atoms in total. The molecule has 0 spiro atoms. The number of nitrogens with one attached hydrogen (secondary N) is 1. The first-order valence-corrected chi connectivity index (χ1v) is 10.9. The fourth-order valence-corrected chi connectivity index (χ4v) is 5.14. The minimum atomic E-state index is -0.414. The van der Waals surface area contributed by atoms with E-state index in [1.54, 1.807) is 19.4 Å². The third-order valence-corrected chi connectivity index (χ3v) is 6.72. The molecule has 160 valence electrons. The van der Waals surface area contributed by atoms with Gasteiger partial charge in [0, 0.05) is 30.2 Å². The molecule has 4 heterocycles. The maximum atomic E-state index is 12.6. The van der Waals surface area contributed by atoms with Crippen LogP contribution in [0.25, 0.3) is 10.9 Å². The Kier molecular flexibility index (Phi) is 6.23. The summed E-state index contributed by atoms with van der Waals surface area (Å²) < 4.78 is 11.5. The van der Waals surface area contributed by atoms with Gasteiger partial charge in [0.15, 0.2) is 0 Å². The summed E-state index contributed by atoms with van der Waals surface area (Å²) in [7, 11) is 1.66. The average molecular weight is 410 g/mol. The summed E-state index contributed by atoms with van der Waals surface area (Å²) in [6, 6.07) is 7.99. The highest BCUT2D eigenvalue weighted by molar-refractivity contribution is 5.84. The van der Waals surface area contributed by atoms with Gasteiger partial charge in [-0.15, -0.1) is 6.58 Å². The van der Waals surface area contributed by atoms with E-state index in [1.165, 1.54) is 12.8 Å². The SMILES string of the molecule is C=CCNC(=O)O[C@@H](c1ccnc2ccc(OC)cc12)[C@H]1C[C@@H]2CCN1C[C@@H]2CC. The number of amides is 1. The van der Waals surface area contributed by atoms with E-state index in [-0.39, 0.29) is 12.1 Å². The van der Waals surface area contributed by atoms with E-state index in [4.69, 9.17) is 9.47 Å². The van der Waals surface area contributed by atoms with Crippen LogP contribution in [0.3, 0.4) is 0 Å². The van der Waals surface area contributed by atoms with Crippen molar-refractivity contribution in [2.45, 2.75) is 38.3 Å². The number of benzene rings is 1. The maximum Gasteiger partial charge on any atom is 0.408 e. The quantitative estimate of drug-likeness (QED) is 0.690. The van der Waals surface area contributed by atoms with Crippen LogP contribution in [0.5, 0.6) is 5.75 Å². The third-order valence-electron chi connectivity index (χ3n) is 6.72. The molecule has 1 unspecified atom stereocenters. The highest BCUT2D eigenvalue weighted by Gasteiger charge is 2.44. The molecule has 2 aromatic rings. The van der Waals surface area contributed by atoms with Crippen molar-refractivity contribution in [3.8, 4) is 5.75 Å². The molecule has 3 aliphatic heterocycles. The normalized spacial score (nSPS) is 26.2. The standard InChI is InChI=1S/C24H31N3O3/c1-4-10-26-24(28)30-23(22-13-17-9-12-27(22)15-16(17)5-2)19-8-11-25-21-7-6-18(29-3)14-20(19)21/h4,6-8,11,14,16-17,22-23H,1,5,9-10,12-13,15H2,2-3H3,(H,26,28)/t16-,17-,22+,23-/m0/s1. The Morgan fingerprint density at radius 1 is 1.43 bits per heavy atom. The molecule has 30 heavy (non-hydrogen) atoms. The Morgan fingerprint density at radius 3 is 3.00 bits per heavy atom. The predicted octanol–water partition coefficient (Wildman–Crippen LogP) is 4.32. The van der Waals surface area contributed by atoms with Gasteiger partial charge in [-0.05, 0) is 55.5 Å². The van der Waals surface area contributed by atoms with Crippen molar-refractivity contribution in [3.63, 3.8) is 0 Å². The Morgan fingerprint density at radius 2 is 2.30 bits per heavy atom. The number of hydrogen-bond acceptors (Lipinski definition) is 5. The van der Waals surface area contributed by atoms with Gasteiger partial charge in [-0.25, -0.2) is 4.79 Å². The van der Waals surface area contributed by atoms with Gasteiger partial charge in [0.25, 0.3) is 0 Å². The zero-order valence-electron chi connectivity index (χ0n) is 17.8. The minimum absolute atomic E-state index is 0.165. The zero-order chi connectivity index (χ0) is 21.1. The third kappa shape index (κ3) is 4.01. The van der Waals surface area contributed by atoms with Crippen molar-refractivity contribution in [2.75, 3.05) is 26.7 Å². The van der Waals surface area contributed by atoms with Crippen LogP contribution in [0.15, 0.2) is 43.1 Å². The van der Waals surface area contributed by atoms with Gasteiger partial charge in [-0.3, -0.25) is 9.88 Å². The largest absolute Gasteiger partial charge is 0.497 e. The van der Waals surface area contributed by atoms with E-state index in [9.17, 15) is 4.79 Å². The number of rotatable bonds is 7. The molecule has 1 aromatic heterocycles. The number of alkyl carbamates (subject to hydrolysis) is 1. The summed E-state index contributed by atoms with van der Waals surface area (Å²) in [5.74, 6) is 2.19. The number of ether oxygens (including phenoxy) is 2. The first-order chi connectivity index (χ1) is 14.6. The monoisotopic (exact) mass is 409 g/mol. The zero-order valence-corrected chi connectivity index (χ0v) is 17.8. The fourth-order valence-electron chi connectivity index (χ4n) is 5.14. The van der Waals surface area contributed by atoms with E-state index in [1.807, 2.05) is 24.3 Å². The summed E-state index contributed by atoms with van der Waals surface area (Å²) in [5, 5.41) is 3.73. The highest BCUT2D eigenvalue weighted by atomic mass is 16.6. The molecular formula is C24H31N3O3. The Bertz CT molecular complexity index is 916. The number of hydrogen-bond donors (Lipinski definition) is 1. The molecule has 1 N–H and O–H groups in total. The molecule has 0 radical (unpaired) electrons. The van der Waals surface area contributed by atoms with Gasteiger partial charge >= 0.3 is 6.09 Å². The van der Waals surface area contributed by atoms with Crippen LogP contribution in [0.4, 0.5) is 4.79 Å². The molecule has 1 amide bonds. The van der Waals surface area contributed by atoms with Crippen LogP contribution in [-0.2, 0) is 4.74 Å². The van der Waals surface area contributed by atoms with Gasteiger partial charge in [0.2, 0.25) is 0 Å². The first-order valence-electron chi connectivity index (χ1n) is 10.9. The number of aromatic nitrogens is 1. The number of carbonyl (C=O) groups is 1. The van der Waals surface area contributed by atoms with Crippen LogP contribution in [0, 0.1) is 11.8 Å². The van der Waals surface area contributed by atoms with Gasteiger partial charge in [0.1, 0.15) is 11.9 Å². The molecule has 0 saturated carbocycles. The van der Waals surface area contributed by atoms with Crippen LogP contribution >= 0.6 is 0 Å². The van der Waals surface area contributed by atoms with Gasteiger partial charge in [-0.2, -0.15) is 0 Å². The van der Waals surface area contributed by atoms with Crippen LogP contribution in [-0.4, -0.2) is 48.8 Å². The van der Waals surface area contributed by atoms with E-state index in [0.29, 0.717) is 12.5 Å². The van der Waals surface area contributed by atoms with Crippen molar-refractivity contribution < 1.29 is 14.3 Å². The van der Waals surface area contributed by atoms with Crippen LogP contribution in [0.1, 0.15) is 37.9 Å². The van der Waals surface area contributed by atoms with Gasteiger partial charge < -0.3 is 14.8 Å². The first kappa shape index (κ1) is 20.7. The topological polar surface area (TPSA) is 63.7 Å². The van der Waals surface area contributed by atoms with Crippen molar-refractivity contribution in [1.29, 1.82) is 0 Å². The molecule has 2 bridgehead atoms.